The molecule has 0 spiro atoms. The Kier molecular flexibility index (Phi) is 3.78. The van der Waals surface area contributed by atoms with E-state index < -0.39 is 17.7 Å². The molecule has 2 rings (SSSR count). The number of hydrogen-bond donors (Lipinski definition) is 2. The Bertz CT molecular complexity index is 652. The van der Waals surface area contributed by atoms with Crippen LogP contribution >= 0.6 is 11.3 Å². The lowest BCUT2D eigenvalue weighted by Gasteiger charge is -2.07. The molecular weight excluding hydrogens is 293 g/mol. The number of carbonyl (C=O) groups is 1. The standard InChI is InChI=1S/C12H9F3N2O2S/c13-12(14,15)7-3-1-2-6(4-7)10-17-8(5-16)9(20-10)11(18)19/h1-4H,5,16H2,(H,18,19). The summed E-state index contributed by atoms with van der Waals surface area (Å²) >= 11 is 0.807. The second-order valence-corrected chi connectivity index (χ2v) is 4.88. The number of aromatic nitrogens is 1. The van der Waals surface area contributed by atoms with E-state index in [4.69, 9.17) is 10.8 Å². The van der Waals surface area contributed by atoms with Gasteiger partial charge in [-0.2, -0.15) is 13.2 Å². The summed E-state index contributed by atoms with van der Waals surface area (Å²) in [5.74, 6) is -1.19. The number of halogens is 3. The third kappa shape index (κ3) is 2.81. The molecular formula is C12H9F3N2O2S. The van der Waals surface area contributed by atoms with Gasteiger partial charge in [0.15, 0.2) is 0 Å². The molecule has 0 unspecified atom stereocenters. The Balaban J connectivity index is 2.49. The average molecular weight is 302 g/mol. The van der Waals surface area contributed by atoms with Crippen molar-refractivity contribution in [3.63, 3.8) is 0 Å². The highest BCUT2D eigenvalue weighted by atomic mass is 32.1. The molecule has 0 radical (unpaired) electrons. The first-order valence-electron chi connectivity index (χ1n) is 5.43. The zero-order chi connectivity index (χ0) is 14.9. The molecule has 2 aromatic rings. The molecule has 0 fully saturated rings. The number of rotatable bonds is 3. The fourth-order valence-corrected chi connectivity index (χ4v) is 2.54. The summed E-state index contributed by atoms with van der Waals surface area (Å²) in [4.78, 5) is 14.9. The summed E-state index contributed by atoms with van der Waals surface area (Å²) in [5.41, 5.74) is 4.95. The molecule has 20 heavy (non-hydrogen) atoms. The van der Waals surface area contributed by atoms with Crippen molar-refractivity contribution in [3.8, 4) is 10.6 Å². The van der Waals surface area contributed by atoms with Gasteiger partial charge in [0.1, 0.15) is 9.88 Å². The molecule has 0 aliphatic heterocycles. The van der Waals surface area contributed by atoms with Crippen molar-refractivity contribution in [2.45, 2.75) is 12.7 Å². The second-order valence-electron chi connectivity index (χ2n) is 3.88. The molecule has 0 saturated heterocycles. The molecule has 0 aliphatic rings. The topological polar surface area (TPSA) is 76.2 Å². The third-order valence-electron chi connectivity index (χ3n) is 2.52. The highest BCUT2D eigenvalue weighted by Crippen LogP contribution is 2.34. The lowest BCUT2D eigenvalue weighted by Crippen LogP contribution is -2.04. The summed E-state index contributed by atoms with van der Waals surface area (Å²) in [7, 11) is 0. The van der Waals surface area contributed by atoms with Gasteiger partial charge in [0, 0.05) is 12.1 Å². The fourth-order valence-electron chi connectivity index (χ4n) is 1.61. The molecule has 0 atom stereocenters. The lowest BCUT2D eigenvalue weighted by molar-refractivity contribution is -0.137. The van der Waals surface area contributed by atoms with Crippen molar-refractivity contribution in [3.05, 3.63) is 40.4 Å². The van der Waals surface area contributed by atoms with Crippen LogP contribution < -0.4 is 5.73 Å². The number of hydrogen-bond acceptors (Lipinski definition) is 4. The van der Waals surface area contributed by atoms with Crippen molar-refractivity contribution in [2.24, 2.45) is 5.73 Å². The van der Waals surface area contributed by atoms with Gasteiger partial charge in [-0.25, -0.2) is 9.78 Å². The largest absolute Gasteiger partial charge is 0.477 e. The first-order chi connectivity index (χ1) is 9.32. The van der Waals surface area contributed by atoms with Gasteiger partial charge in [-0.05, 0) is 12.1 Å². The van der Waals surface area contributed by atoms with E-state index in [1.54, 1.807) is 0 Å². The maximum absolute atomic E-state index is 12.6. The van der Waals surface area contributed by atoms with E-state index in [1.165, 1.54) is 12.1 Å². The summed E-state index contributed by atoms with van der Waals surface area (Å²) in [6, 6.07) is 4.58. The van der Waals surface area contributed by atoms with Crippen LogP contribution in [-0.4, -0.2) is 16.1 Å². The Labute approximate surface area is 115 Å². The summed E-state index contributed by atoms with van der Waals surface area (Å²) in [6.45, 7) is -0.0862. The first-order valence-corrected chi connectivity index (χ1v) is 6.25. The second kappa shape index (κ2) is 5.22. The van der Waals surface area contributed by atoms with Crippen LogP contribution in [0.1, 0.15) is 20.9 Å². The van der Waals surface area contributed by atoms with E-state index >= 15 is 0 Å². The molecule has 0 amide bonds. The van der Waals surface area contributed by atoms with Crippen molar-refractivity contribution in [2.75, 3.05) is 0 Å². The van der Waals surface area contributed by atoms with E-state index in [9.17, 15) is 18.0 Å². The fraction of sp³-hybridized carbons (Fsp3) is 0.167. The van der Waals surface area contributed by atoms with Crippen molar-refractivity contribution in [1.82, 2.24) is 4.98 Å². The highest BCUT2D eigenvalue weighted by Gasteiger charge is 2.30. The zero-order valence-corrected chi connectivity index (χ0v) is 10.8. The minimum atomic E-state index is -4.46. The summed E-state index contributed by atoms with van der Waals surface area (Å²) in [6.07, 6.45) is -4.46. The minimum absolute atomic E-state index is 0.0556. The van der Waals surface area contributed by atoms with Gasteiger partial charge in [-0.15, -0.1) is 11.3 Å². The van der Waals surface area contributed by atoms with E-state index in [0.717, 1.165) is 23.5 Å². The van der Waals surface area contributed by atoms with E-state index in [2.05, 4.69) is 4.98 Å². The molecule has 3 N–H and O–H groups in total. The SMILES string of the molecule is NCc1nc(-c2cccc(C(F)(F)F)c2)sc1C(=O)O. The van der Waals surface area contributed by atoms with Crippen LogP contribution in [-0.2, 0) is 12.7 Å². The van der Waals surface area contributed by atoms with Gasteiger partial charge in [0.2, 0.25) is 0 Å². The van der Waals surface area contributed by atoms with Gasteiger partial charge >= 0.3 is 12.1 Å². The Morgan fingerprint density at radius 2 is 2.10 bits per heavy atom. The number of carboxylic acids is 1. The molecule has 0 saturated carbocycles. The number of nitrogens with two attached hydrogens (primary N) is 1. The molecule has 1 aromatic carbocycles. The van der Waals surface area contributed by atoms with Crippen LogP contribution in [0, 0.1) is 0 Å². The maximum atomic E-state index is 12.6. The smallest absolute Gasteiger partial charge is 0.416 e. The lowest BCUT2D eigenvalue weighted by atomic mass is 10.1. The Hall–Kier alpha value is -1.93. The van der Waals surface area contributed by atoms with E-state index in [1.807, 2.05) is 0 Å². The molecule has 0 aliphatic carbocycles. The quantitative estimate of drug-likeness (QED) is 0.914. The van der Waals surface area contributed by atoms with Gasteiger partial charge in [0.05, 0.1) is 11.3 Å². The van der Waals surface area contributed by atoms with E-state index in [-0.39, 0.29) is 27.7 Å². The van der Waals surface area contributed by atoms with Gasteiger partial charge in [0.25, 0.3) is 0 Å². The molecule has 1 heterocycles. The Morgan fingerprint density at radius 3 is 2.60 bits per heavy atom. The van der Waals surface area contributed by atoms with Crippen LogP contribution in [0.15, 0.2) is 24.3 Å². The molecule has 8 heteroatoms. The first kappa shape index (κ1) is 14.5. The van der Waals surface area contributed by atoms with Crippen LogP contribution in [0.3, 0.4) is 0 Å². The number of benzene rings is 1. The number of nitrogens with zero attached hydrogens (tertiary/aromatic N) is 1. The molecule has 1 aromatic heterocycles. The summed E-state index contributed by atoms with van der Waals surface area (Å²) in [5, 5.41) is 9.18. The Morgan fingerprint density at radius 1 is 1.40 bits per heavy atom. The predicted octanol–water partition coefficient (Wildman–Crippen LogP) is 2.99. The van der Waals surface area contributed by atoms with Crippen molar-refractivity contribution >= 4 is 17.3 Å². The van der Waals surface area contributed by atoms with Crippen LogP contribution in [0.5, 0.6) is 0 Å². The maximum Gasteiger partial charge on any atom is 0.416 e. The van der Waals surface area contributed by atoms with Crippen LogP contribution in [0.4, 0.5) is 13.2 Å². The zero-order valence-electron chi connectivity index (χ0n) is 9.94. The van der Waals surface area contributed by atoms with Crippen LogP contribution in [0.2, 0.25) is 0 Å². The van der Waals surface area contributed by atoms with Crippen molar-refractivity contribution in [1.29, 1.82) is 0 Å². The highest BCUT2D eigenvalue weighted by molar-refractivity contribution is 7.17. The number of alkyl halides is 3. The van der Waals surface area contributed by atoms with Gasteiger partial charge in [-0.1, -0.05) is 12.1 Å². The minimum Gasteiger partial charge on any atom is -0.477 e. The monoisotopic (exact) mass is 302 g/mol. The normalized spacial score (nSPS) is 11.6. The van der Waals surface area contributed by atoms with E-state index in [0.29, 0.717) is 0 Å². The summed E-state index contributed by atoms with van der Waals surface area (Å²) < 4.78 is 37.9. The number of aromatic carboxylic acids is 1. The number of thiazole rings is 1. The van der Waals surface area contributed by atoms with Gasteiger partial charge < -0.3 is 10.8 Å². The average Bonchev–Trinajstić information content (AvgIpc) is 2.82. The van der Waals surface area contributed by atoms with Gasteiger partial charge in [-0.3, -0.25) is 0 Å². The number of carboxylic acid groups (broad SMARTS) is 1. The van der Waals surface area contributed by atoms with Crippen molar-refractivity contribution < 1.29 is 23.1 Å². The molecule has 0 bridgehead atoms. The molecule has 4 nitrogen and oxygen atoms in total. The third-order valence-corrected chi connectivity index (χ3v) is 3.66. The molecule has 106 valence electrons. The van der Waals surface area contributed by atoms with Crippen LogP contribution in [0.25, 0.3) is 10.6 Å². The predicted molar refractivity (Wildman–Crippen MR) is 67.4 cm³/mol.